The largest absolute Gasteiger partial charge is 0.494 e. The van der Waals surface area contributed by atoms with E-state index in [4.69, 9.17) is 18.9 Å². The molecule has 4 aromatic rings. The Kier molecular flexibility index (Phi) is 16.2. The highest BCUT2D eigenvalue weighted by molar-refractivity contribution is 6.23. The molecule has 1 unspecified atom stereocenters. The van der Waals surface area contributed by atoms with Gasteiger partial charge in [0.05, 0.1) is 30.0 Å². The van der Waals surface area contributed by atoms with Crippen LogP contribution in [0, 0.1) is 0 Å². The second-order valence-corrected chi connectivity index (χ2v) is 16.1. The highest BCUT2D eigenvalue weighted by atomic mass is 16.5. The van der Waals surface area contributed by atoms with Crippen molar-refractivity contribution in [2.45, 2.75) is 103 Å². The summed E-state index contributed by atoms with van der Waals surface area (Å²) < 4.78 is 23.3. The Morgan fingerprint density at radius 3 is 2.10 bits per heavy atom. The van der Waals surface area contributed by atoms with Gasteiger partial charge in [0.15, 0.2) is 11.6 Å². The average molecular weight is 846 g/mol. The molecule has 62 heavy (non-hydrogen) atoms. The average Bonchev–Trinajstić information content (AvgIpc) is 3.52. The van der Waals surface area contributed by atoms with E-state index in [1.54, 1.807) is 24.4 Å². The summed E-state index contributed by atoms with van der Waals surface area (Å²) in [4.78, 5) is 59.5. The second-order valence-electron chi connectivity index (χ2n) is 16.1. The van der Waals surface area contributed by atoms with E-state index in [1.807, 2.05) is 25.1 Å². The fraction of sp³-hybridized carbons (Fsp3) is 0.429. The van der Waals surface area contributed by atoms with Crippen LogP contribution in [-0.4, -0.2) is 77.5 Å². The Hall–Kier alpha value is -6.08. The number of carbonyl (C=O) groups excluding carboxylic acids is 4. The minimum Gasteiger partial charge on any atom is -0.494 e. The number of rotatable bonds is 25. The van der Waals surface area contributed by atoms with Crippen molar-refractivity contribution >= 4 is 35.1 Å². The number of hydrogen-bond donors (Lipinski definition) is 2. The number of nitrogens with zero attached hydrogens (tertiary/aromatic N) is 3. The highest BCUT2D eigenvalue weighted by Crippen LogP contribution is 2.34. The third-order valence-corrected chi connectivity index (χ3v) is 11.3. The number of nitrogens with one attached hydrogen (secondary N) is 2. The van der Waals surface area contributed by atoms with Crippen LogP contribution in [0.2, 0.25) is 0 Å². The van der Waals surface area contributed by atoms with Gasteiger partial charge in [-0.2, -0.15) is 0 Å². The first-order valence-electron chi connectivity index (χ1n) is 21.8. The predicted octanol–water partition coefficient (Wildman–Crippen LogP) is 8.42. The number of anilines is 1. The first-order chi connectivity index (χ1) is 30.0. The maximum atomic E-state index is 13.0. The topological polar surface area (TPSA) is 158 Å². The lowest BCUT2D eigenvalue weighted by atomic mass is 9.78. The van der Waals surface area contributed by atoms with Gasteiger partial charge < -0.3 is 24.3 Å². The first-order valence-corrected chi connectivity index (χ1v) is 21.8. The molecule has 1 atom stereocenters. The van der Waals surface area contributed by atoms with E-state index in [2.05, 4.69) is 77.4 Å². The number of hydrogen-bond acceptors (Lipinski definition) is 11. The number of unbranched alkanes of at least 4 members (excludes halogenated alkanes) is 6. The molecule has 13 nitrogen and oxygen atoms in total. The molecule has 1 fully saturated rings. The lowest BCUT2D eigenvalue weighted by molar-refractivity contribution is -0.136. The van der Waals surface area contributed by atoms with Crippen molar-refractivity contribution < 1.29 is 38.1 Å². The molecule has 3 aromatic carbocycles. The van der Waals surface area contributed by atoms with Crippen molar-refractivity contribution in [2.24, 2.45) is 0 Å². The molecule has 13 heteroatoms. The molecular weight excluding hydrogens is 787 g/mol. The summed E-state index contributed by atoms with van der Waals surface area (Å²) in [5.41, 5.74) is 4.22. The fourth-order valence-electron chi connectivity index (χ4n) is 7.56. The maximum Gasteiger partial charge on any atom is 0.262 e. The quantitative estimate of drug-likeness (QED) is 0.0375. The summed E-state index contributed by atoms with van der Waals surface area (Å²) >= 11 is 0. The van der Waals surface area contributed by atoms with E-state index >= 15 is 0 Å². The van der Waals surface area contributed by atoms with E-state index in [0.717, 1.165) is 72.9 Å². The lowest BCUT2D eigenvalue weighted by Crippen LogP contribution is -2.54. The van der Waals surface area contributed by atoms with Crippen molar-refractivity contribution in [3.05, 3.63) is 119 Å². The summed E-state index contributed by atoms with van der Waals surface area (Å²) in [6.07, 6.45) is 10.4. The van der Waals surface area contributed by atoms with Crippen LogP contribution in [0.3, 0.4) is 0 Å². The van der Waals surface area contributed by atoms with Gasteiger partial charge in [-0.3, -0.25) is 29.4 Å². The monoisotopic (exact) mass is 845 g/mol. The first kappa shape index (κ1) is 45.4. The number of ether oxygens (including phenoxy) is 4. The number of piperidine rings is 1. The van der Waals surface area contributed by atoms with Crippen LogP contribution in [0.1, 0.15) is 128 Å². The Labute approximate surface area is 364 Å². The van der Waals surface area contributed by atoms with Crippen LogP contribution in [-0.2, 0) is 31.1 Å². The van der Waals surface area contributed by atoms with Crippen LogP contribution >= 0.6 is 0 Å². The molecule has 0 spiro atoms. The van der Waals surface area contributed by atoms with Crippen LogP contribution in [0.5, 0.6) is 11.5 Å². The minimum atomic E-state index is -0.968. The fourth-order valence-corrected chi connectivity index (χ4v) is 7.56. The van der Waals surface area contributed by atoms with E-state index in [9.17, 15) is 19.2 Å². The molecule has 328 valence electrons. The molecule has 0 aliphatic carbocycles. The molecule has 2 aliphatic rings. The van der Waals surface area contributed by atoms with Crippen LogP contribution < -0.4 is 20.1 Å². The zero-order chi connectivity index (χ0) is 43.9. The van der Waals surface area contributed by atoms with E-state index < -0.39 is 29.7 Å². The van der Waals surface area contributed by atoms with Crippen LogP contribution in [0.4, 0.5) is 5.69 Å². The predicted molar refractivity (Wildman–Crippen MR) is 237 cm³/mol. The molecular formula is C49H59N5O8. The van der Waals surface area contributed by atoms with Crippen molar-refractivity contribution in [1.82, 2.24) is 20.2 Å². The summed E-state index contributed by atoms with van der Waals surface area (Å²) in [5, 5.41) is 5.53. The number of carbonyl (C=O) groups is 4. The molecule has 2 aliphatic heterocycles. The van der Waals surface area contributed by atoms with E-state index in [1.165, 1.54) is 24.0 Å². The maximum absolute atomic E-state index is 13.0. The van der Waals surface area contributed by atoms with Crippen molar-refractivity contribution in [1.29, 1.82) is 0 Å². The smallest absolute Gasteiger partial charge is 0.262 e. The summed E-state index contributed by atoms with van der Waals surface area (Å²) in [7, 11) is 0. The molecule has 4 amide bonds. The Morgan fingerprint density at radius 2 is 1.42 bits per heavy atom. The normalized spacial score (nSPS) is 15.0. The SMILES string of the molecule is C=C(OCC)c1nccc(COc2ccc(C(C)(C)c3ccc(OCCCCCCCCOCCCCNc4ccc5c(c4)C(=O)N(C4CCC(=O)NC4=O)C5=O)cc3)cc2)n1. The van der Waals surface area contributed by atoms with Gasteiger partial charge in [0, 0.05) is 43.5 Å². The van der Waals surface area contributed by atoms with Gasteiger partial charge in [-0.15, -0.1) is 0 Å². The third kappa shape index (κ3) is 12.1. The van der Waals surface area contributed by atoms with Crippen molar-refractivity contribution in [2.75, 3.05) is 38.3 Å². The molecule has 0 saturated carbocycles. The van der Waals surface area contributed by atoms with Crippen molar-refractivity contribution in [3.63, 3.8) is 0 Å². The molecule has 1 aromatic heterocycles. The van der Waals surface area contributed by atoms with Gasteiger partial charge in [0.1, 0.15) is 24.1 Å². The standard InChI is InChI=1S/C49H59N5O8/c1-5-60-34(2)45-51-28-26-38(52-45)33-62-40-21-16-36(17-22-40)49(3,4)35-14-19-39(20-15-35)61-31-12-9-7-6-8-11-29-59-30-13-10-27-50-37-18-23-41-42(32-37)48(58)54(47(41)57)43-24-25-44(55)53-46(43)56/h14-23,26,28,32,43,50H,2,5-13,24-25,27,29-31,33H2,1,3-4H3,(H,53,55,56). The second kappa shape index (κ2) is 22.1. The molecule has 3 heterocycles. The van der Waals surface area contributed by atoms with Crippen LogP contribution in [0.25, 0.3) is 5.76 Å². The minimum absolute atomic E-state index is 0.0929. The van der Waals surface area contributed by atoms with Crippen LogP contribution in [0.15, 0.2) is 85.6 Å². The number of fused-ring (bicyclic) bond motifs is 1. The highest BCUT2D eigenvalue weighted by Gasteiger charge is 2.44. The molecule has 2 N–H and O–H groups in total. The zero-order valence-electron chi connectivity index (χ0n) is 36.2. The lowest BCUT2D eigenvalue weighted by Gasteiger charge is -2.27. The third-order valence-electron chi connectivity index (χ3n) is 11.3. The van der Waals surface area contributed by atoms with Gasteiger partial charge in [0.25, 0.3) is 11.8 Å². The number of amides is 4. The summed E-state index contributed by atoms with van der Waals surface area (Å²) in [5.74, 6) is 0.548. The van der Waals surface area contributed by atoms with E-state index in [-0.39, 0.29) is 29.4 Å². The summed E-state index contributed by atoms with van der Waals surface area (Å²) in [6, 6.07) is 22.5. The molecule has 1 saturated heterocycles. The van der Waals surface area contributed by atoms with Gasteiger partial charge in [0.2, 0.25) is 11.8 Å². The number of imide groups is 2. The van der Waals surface area contributed by atoms with Gasteiger partial charge >= 0.3 is 0 Å². The Bertz CT molecular complexity index is 2170. The molecule has 0 radical (unpaired) electrons. The number of aromatic nitrogens is 2. The molecule has 0 bridgehead atoms. The van der Waals surface area contributed by atoms with Crippen molar-refractivity contribution in [3.8, 4) is 11.5 Å². The van der Waals surface area contributed by atoms with Gasteiger partial charge in [-0.1, -0.05) is 70.4 Å². The van der Waals surface area contributed by atoms with E-state index in [0.29, 0.717) is 44.6 Å². The zero-order valence-corrected chi connectivity index (χ0v) is 36.2. The Balaban J connectivity index is 0.774. The van der Waals surface area contributed by atoms with Gasteiger partial charge in [-0.05, 0) is 98.7 Å². The summed E-state index contributed by atoms with van der Waals surface area (Å²) in [6.45, 7) is 13.9. The number of benzene rings is 3. The Morgan fingerprint density at radius 1 is 0.790 bits per heavy atom. The van der Waals surface area contributed by atoms with Gasteiger partial charge in [-0.25, -0.2) is 9.97 Å². The molecule has 6 rings (SSSR count).